The molecule has 0 aliphatic heterocycles. The molecule has 1 aromatic carbocycles. The van der Waals surface area contributed by atoms with Crippen molar-refractivity contribution in [1.82, 2.24) is 10.2 Å². The van der Waals surface area contributed by atoms with E-state index in [1.807, 2.05) is 31.2 Å². The van der Waals surface area contributed by atoms with Crippen molar-refractivity contribution in [2.45, 2.75) is 24.6 Å². The van der Waals surface area contributed by atoms with Gasteiger partial charge in [0.25, 0.3) is 0 Å². The highest BCUT2D eigenvalue weighted by atomic mass is 32.2. The van der Waals surface area contributed by atoms with Crippen LogP contribution in [-0.2, 0) is 6.42 Å². The molecule has 6 heteroatoms. The summed E-state index contributed by atoms with van der Waals surface area (Å²) in [7, 11) is 0. The maximum Gasteiger partial charge on any atom is 0.206 e. The number of aryl methyl sites for hydroxylation is 1. The summed E-state index contributed by atoms with van der Waals surface area (Å²) in [5.41, 5.74) is 2.00. The molecular formula is C14H17N3OS2. The third-order valence-corrected chi connectivity index (χ3v) is 4.76. The SMILES string of the molecule is CCNc1nnc(SCC(=O)c2ccc(CC)cc2)s1. The van der Waals surface area contributed by atoms with Crippen LogP contribution >= 0.6 is 23.1 Å². The molecule has 1 heterocycles. The molecule has 0 bridgehead atoms. The monoisotopic (exact) mass is 307 g/mol. The Bertz CT molecular complexity index is 566. The first-order chi connectivity index (χ1) is 9.72. The van der Waals surface area contributed by atoms with Crippen LogP contribution in [-0.4, -0.2) is 28.3 Å². The summed E-state index contributed by atoms with van der Waals surface area (Å²) in [4.78, 5) is 12.1. The molecule has 20 heavy (non-hydrogen) atoms. The van der Waals surface area contributed by atoms with E-state index in [2.05, 4.69) is 22.4 Å². The zero-order chi connectivity index (χ0) is 14.4. The number of thioether (sulfide) groups is 1. The molecule has 1 aromatic heterocycles. The van der Waals surface area contributed by atoms with Gasteiger partial charge in [-0.15, -0.1) is 10.2 Å². The zero-order valence-corrected chi connectivity index (χ0v) is 13.2. The van der Waals surface area contributed by atoms with E-state index in [1.54, 1.807) is 0 Å². The zero-order valence-electron chi connectivity index (χ0n) is 11.5. The van der Waals surface area contributed by atoms with Gasteiger partial charge < -0.3 is 5.32 Å². The van der Waals surface area contributed by atoms with E-state index in [0.29, 0.717) is 5.75 Å². The van der Waals surface area contributed by atoms with Crippen LogP contribution in [0.1, 0.15) is 29.8 Å². The van der Waals surface area contributed by atoms with E-state index in [1.165, 1.54) is 28.7 Å². The number of nitrogens with zero attached hydrogens (tertiary/aromatic N) is 2. The Morgan fingerprint density at radius 2 is 2.00 bits per heavy atom. The fourth-order valence-corrected chi connectivity index (χ4v) is 3.34. The summed E-state index contributed by atoms with van der Waals surface area (Å²) < 4.78 is 0.819. The summed E-state index contributed by atoms with van der Waals surface area (Å²) in [5, 5.41) is 12.0. The number of Topliss-reactive ketones (excluding diaryl/α,β-unsaturated/α-hetero) is 1. The molecule has 0 aliphatic rings. The fourth-order valence-electron chi connectivity index (χ4n) is 1.63. The lowest BCUT2D eigenvalue weighted by Gasteiger charge is -2.01. The molecule has 106 valence electrons. The molecule has 0 saturated carbocycles. The largest absolute Gasteiger partial charge is 0.360 e. The summed E-state index contributed by atoms with van der Waals surface area (Å²) in [5.74, 6) is 0.518. The summed E-state index contributed by atoms with van der Waals surface area (Å²) in [6, 6.07) is 7.80. The maximum absolute atomic E-state index is 12.1. The Labute approximate surface area is 127 Å². The number of anilines is 1. The van der Waals surface area contributed by atoms with Crippen molar-refractivity contribution in [3.05, 3.63) is 35.4 Å². The van der Waals surface area contributed by atoms with Crippen molar-refractivity contribution in [3.8, 4) is 0 Å². The molecule has 2 aromatic rings. The first kappa shape index (κ1) is 15.0. The molecule has 0 atom stereocenters. The van der Waals surface area contributed by atoms with Crippen LogP contribution in [0.3, 0.4) is 0 Å². The van der Waals surface area contributed by atoms with Crippen molar-refractivity contribution >= 4 is 34.0 Å². The Balaban J connectivity index is 1.90. The number of carbonyl (C=O) groups is 1. The summed E-state index contributed by atoms with van der Waals surface area (Å²) in [6.45, 7) is 4.93. The lowest BCUT2D eigenvalue weighted by molar-refractivity contribution is 0.102. The van der Waals surface area contributed by atoms with E-state index in [0.717, 1.165) is 28.0 Å². The number of aromatic nitrogens is 2. The van der Waals surface area contributed by atoms with Gasteiger partial charge in [0.05, 0.1) is 5.75 Å². The van der Waals surface area contributed by atoms with Gasteiger partial charge >= 0.3 is 0 Å². The van der Waals surface area contributed by atoms with E-state index in [4.69, 9.17) is 0 Å². The summed E-state index contributed by atoms with van der Waals surface area (Å²) in [6.07, 6.45) is 0.987. The van der Waals surface area contributed by atoms with Gasteiger partial charge in [-0.2, -0.15) is 0 Å². The van der Waals surface area contributed by atoms with Crippen molar-refractivity contribution in [2.24, 2.45) is 0 Å². The van der Waals surface area contributed by atoms with Gasteiger partial charge in [-0.3, -0.25) is 4.79 Å². The molecule has 0 aliphatic carbocycles. The van der Waals surface area contributed by atoms with E-state index in [9.17, 15) is 4.79 Å². The number of hydrogen-bond donors (Lipinski definition) is 1. The molecule has 0 amide bonds. The topological polar surface area (TPSA) is 54.9 Å². The molecule has 0 radical (unpaired) electrons. The number of benzene rings is 1. The second-order valence-corrected chi connectivity index (χ2v) is 6.37. The predicted octanol–water partition coefficient (Wildman–Crippen LogP) is 3.51. The third kappa shape index (κ3) is 4.05. The van der Waals surface area contributed by atoms with Crippen LogP contribution in [0, 0.1) is 0 Å². The lowest BCUT2D eigenvalue weighted by atomic mass is 10.1. The van der Waals surface area contributed by atoms with Crippen LogP contribution in [0.15, 0.2) is 28.6 Å². The first-order valence-corrected chi connectivity index (χ1v) is 8.35. The molecule has 1 N–H and O–H groups in total. The highest BCUT2D eigenvalue weighted by Crippen LogP contribution is 2.25. The van der Waals surface area contributed by atoms with Gasteiger partial charge in [-0.25, -0.2) is 0 Å². The minimum Gasteiger partial charge on any atom is -0.360 e. The van der Waals surface area contributed by atoms with Gasteiger partial charge in [0.15, 0.2) is 10.1 Å². The van der Waals surface area contributed by atoms with Crippen molar-refractivity contribution in [1.29, 1.82) is 0 Å². The van der Waals surface area contributed by atoms with Gasteiger partial charge in [0, 0.05) is 12.1 Å². The number of ketones is 1. The maximum atomic E-state index is 12.1. The van der Waals surface area contributed by atoms with E-state index >= 15 is 0 Å². The normalized spacial score (nSPS) is 10.5. The van der Waals surface area contributed by atoms with Crippen molar-refractivity contribution in [3.63, 3.8) is 0 Å². The molecule has 2 rings (SSSR count). The average molecular weight is 307 g/mol. The predicted molar refractivity (Wildman–Crippen MR) is 84.9 cm³/mol. The van der Waals surface area contributed by atoms with E-state index < -0.39 is 0 Å². The smallest absolute Gasteiger partial charge is 0.206 e. The van der Waals surface area contributed by atoms with E-state index in [-0.39, 0.29) is 5.78 Å². The summed E-state index contributed by atoms with van der Waals surface area (Å²) >= 11 is 2.91. The Kier molecular flexibility index (Phi) is 5.55. The minimum atomic E-state index is 0.123. The first-order valence-electron chi connectivity index (χ1n) is 6.55. The molecule has 0 fully saturated rings. The number of carbonyl (C=O) groups excluding carboxylic acids is 1. The third-order valence-electron chi connectivity index (χ3n) is 2.75. The van der Waals surface area contributed by atoms with Gasteiger partial charge in [0.1, 0.15) is 0 Å². The van der Waals surface area contributed by atoms with Crippen molar-refractivity contribution < 1.29 is 4.79 Å². The molecule has 0 unspecified atom stereocenters. The van der Waals surface area contributed by atoms with Gasteiger partial charge in [-0.05, 0) is 18.9 Å². The quantitative estimate of drug-likeness (QED) is 0.626. The van der Waals surface area contributed by atoms with Crippen LogP contribution < -0.4 is 5.32 Å². The molecular weight excluding hydrogens is 290 g/mol. The number of hydrogen-bond acceptors (Lipinski definition) is 6. The van der Waals surface area contributed by atoms with Crippen LogP contribution in [0.2, 0.25) is 0 Å². The molecule has 4 nitrogen and oxygen atoms in total. The lowest BCUT2D eigenvalue weighted by Crippen LogP contribution is -2.02. The van der Waals surface area contributed by atoms with Crippen LogP contribution in [0.5, 0.6) is 0 Å². The standard InChI is InChI=1S/C14H17N3OS2/c1-3-10-5-7-11(8-6-10)12(18)9-19-14-17-16-13(20-14)15-4-2/h5-8H,3-4,9H2,1-2H3,(H,15,16). The Morgan fingerprint density at radius 1 is 1.25 bits per heavy atom. The fraction of sp³-hybridized carbons (Fsp3) is 0.357. The highest BCUT2D eigenvalue weighted by molar-refractivity contribution is 8.01. The van der Waals surface area contributed by atoms with Gasteiger partial charge in [-0.1, -0.05) is 54.3 Å². The second kappa shape index (κ2) is 7.40. The average Bonchev–Trinajstić information content (AvgIpc) is 2.93. The van der Waals surface area contributed by atoms with Crippen molar-refractivity contribution in [2.75, 3.05) is 17.6 Å². The minimum absolute atomic E-state index is 0.123. The number of nitrogens with one attached hydrogen (secondary N) is 1. The van der Waals surface area contributed by atoms with Crippen LogP contribution in [0.4, 0.5) is 5.13 Å². The molecule has 0 saturated heterocycles. The number of rotatable bonds is 7. The highest BCUT2D eigenvalue weighted by Gasteiger charge is 2.09. The Morgan fingerprint density at radius 3 is 2.65 bits per heavy atom. The Hall–Kier alpha value is -1.40. The van der Waals surface area contributed by atoms with Crippen LogP contribution in [0.25, 0.3) is 0 Å². The van der Waals surface area contributed by atoms with Gasteiger partial charge in [0.2, 0.25) is 5.13 Å². The molecule has 0 spiro atoms. The second-order valence-electron chi connectivity index (χ2n) is 4.17.